The smallest absolute Gasteiger partial charge is 0.310 e. The number of rotatable bonds is 2. The maximum atomic E-state index is 10.8. The van der Waals surface area contributed by atoms with Crippen molar-refractivity contribution < 1.29 is 9.59 Å². The number of amides is 1. The molecular weight excluding hydrogens is 160 g/mol. The van der Waals surface area contributed by atoms with Crippen LogP contribution in [0.5, 0.6) is 0 Å². The van der Waals surface area contributed by atoms with E-state index < -0.39 is 11.7 Å². The number of nitrogens with one attached hydrogen (secondary N) is 2. The van der Waals surface area contributed by atoms with E-state index in [-0.39, 0.29) is 11.1 Å². The van der Waals surface area contributed by atoms with E-state index in [9.17, 15) is 14.4 Å². The van der Waals surface area contributed by atoms with Crippen molar-refractivity contribution in [2.24, 2.45) is 0 Å². The zero-order valence-electron chi connectivity index (χ0n) is 5.96. The van der Waals surface area contributed by atoms with Crippen molar-refractivity contribution in [3.05, 3.63) is 34.2 Å². The van der Waals surface area contributed by atoms with E-state index in [2.05, 4.69) is 4.98 Å². The molecule has 0 saturated carbocycles. The molecule has 1 heterocycles. The molecule has 1 radical (unpaired) electrons. The molecule has 12 heavy (non-hydrogen) atoms. The van der Waals surface area contributed by atoms with E-state index in [1.54, 1.807) is 0 Å². The third kappa shape index (κ3) is 1.57. The van der Waals surface area contributed by atoms with Gasteiger partial charge in [-0.3, -0.25) is 20.1 Å². The van der Waals surface area contributed by atoms with E-state index >= 15 is 0 Å². The minimum Gasteiger partial charge on any atom is -0.328 e. The van der Waals surface area contributed by atoms with Gasteiger partial charge in [0.25, 0.3) is 5.78 Å². The second-order valence-electron chi connectivity index (χ2n) is 2.10. The Kier molecular flexibility index (Phi) is 2.05. The number of carbonyl (C=O) groups is 2. The van der Waals surface area contributed by atoms with Gasteiger partial charge in [0.05, 0.1) is 0 Å². The summed E-state index contributed by atoms with van der Waals surface area (Å²) < 4.78 is 0. The first kappa shape index (κ1) is 8.19. The van der Waals surface area contributed by atoms with E-state index in [0.717, 1.165) is 12.3 Å². The van der Waals surface area contributed by atoms with E-state index in [4.69, 9.17) is 5.73 Å². The molecule has 0 aliphatic heterocycles. The van der Waals surface area contributed by atoms with Crippen molar-refractivity contribution in [3.8, 4) is 0 Å². The highest BCUT2D eigenvalue weighted by atomic mass is 16.2. The zero-order chi connectivity index (χ0) is 9.14. The fourth-order valence-electron chi connectivity index (χ4n) is 0.683. The van der Waals surface area contributed by atoms with Crippen molar-refractivity contribution in [2.45, 2.75) is 0 Å². The van der Waals surface area contributed by atoms with Gasteiger partial charge in [-0.25, -0.2) is 0 Å². The molecule has 1 aromatic heterocycles. The maximum absolute atomic E-state index is 10.8. The van der Waals surface area contributed by atoms with Crippen LogP contribution >= 0.6 is 0 Å². The predicted molar refractivity (Wildman–Crippen MR) is 39.5 cm³/mol. The molecule has 5 heteroatoms. The number of H-pyrrole nitrogens is 1. The lowest BCUT2D eigenvalue weighted by atomic mass is 10.2. The van der Waals surface area contributed by atoms with Gasteiger partial charge < -0.3 is 4.98 Å². The van der Waals surface area contributed by atoms with Gasteiger partial charge >= 0.3 is 5.91 Å². The summed E-state index contributed by atoms with van der Waals surface area (Å²) >= 11 is 0. The average molecular weight is 165 g/mol. The summed E-state index contributed by atoms with van der Waals surface area (Å²) in [4.78, 5) is 33.8. The summed E-state index contributed by atoms with van der Waals surface area (Å²) in [6, 6.07) is 2.32. The summed E-state index contributed by atoms with van der Waals surface area (Å²) in [5.41, 5.74) is 6.16. The highest BCUT2D eigenvalue weighted by Crippen LogP contribution is 1.94. The zero-order valence-corrected chi connectivity index (χ0v) is 5.96. The van der Waals surface area contributed by atoms with Gasteiger partial charge in [-0.1, -0.05) is 0 Å². The molecule has 0 aromatic carbocycles. The first-order chi connectivity index (χ1) is 5.61. The molecule has 1 rings (SSSR count). The Hall–Kier alpha value is -1.91. The van der Waals surface area contributed by atoms with Gasteiger partial charge in [-0.2, -0.15) is 0 Å². The number of Topliss-reactive ketones (excluding diaryl/α,β-unsaturated/α-hetero) is 1. The molecular formula is C7H5N2O3. The van der Waals surface area contributed by atoms with Crippen molar-refractivity contribution in [1.29, 1.82) is 0 Å². The Morgan fingerprint density at radius 2 is 2.00 bits per heavy atom. The van der Waals surface area contributed by atoms with E-state index in [0.29, 0.717) is 0 Å². The fourth-order valence-corrected chi connectivity index (χ4v) is 0.683. The number of ketones is 1. The molecule has 0 atom stereocenters. The van der Waals surface area contributed by atoms with Crippen LogP contribution in [-0.2, 0) is 4.79 Å². The number of pyridine rings is 1. The normalized spacial score (nSPS) is 9.33. The molecule has 1 amide bonds. The summed E-state index contributed by atoms with van der Waals surface area (Å²) in [6.07, 6.45) is 1.11. The maximum Gasteiger partial charge on any atom is 0.310 e. The van der Waals surface area contributed by atoms with Crippen LogP contribution in [0.2, 0.25) is 0 Å². The molecule has 0 aliphatic carbocycles. The van der Waals surface area contributed by atoms with Gasteiger partial charge in [0.1, 0.15) is 0 Å². The van der Waals surface area contributed by atoms with Crippen molar-refractivity contribution in [1.82, 2.24) is 10.7 Å². The Bertz CT molecular complexity index is 360. The number of hydrogen-bond acceptors (Lipinski definition) is 3. The van der Waals surface area contributed by atoms with Crippen LogP contribution in [0, 0.1) is 0 Å². The Morgan fingerprint density at radius 1 is 1.33 bits per heavy atom. The lowest BCUT2D eigenvalue weighted by Gasteiger charge is -1.92. The Balaban J connectivity index is 3.05. The van der Waals surface area contributed by atoms with Crippen LogP contribution < -0.4 is 11.3 Å². The third-order valence-electron chi connectivity index (χ3n) is 1.25. The number of aromatic nitrogens is 1. The molecule has 61 valence electrons. The number of aromatic amines is 1. The average Bonchev–Trinajstić information content (AvgIpc) is 2.04. The first-order valence-corrected chi connectivity index (χ1v) is 3.10. The van der Waals surface area contributed by atoms with Crippen LogP contribution in [0.15, 0.2) is 23.1 Å². The first-order valence-electron chi connectivity index (χ1n) is 3.10. The lowest BCUT2D eigenvalue weighted by Crippen LogP contribution is -2.16. The van der Waals surface area contributed by atoms with E-state index in [1.165, 1.54) is 6.07 Å². The molecule has 0 fully saturated rings. The third-order valence-corrected chi connectivity index (χ3v) is 1.25. The van der Waals surface area contributed by atoms with Crippen LogP contribution in [0.4, 0.5) is 0 Å². The molecule has 0 aliphatic rings. The fraction of sp³-hybridized carbons (Fsp3) is 0. The van der Waals surface area contributed by atoms with Crippen molar-refractivity contribution >= 4 is 11.7 Å². The molecule has 2 N–H and O–H groups in total. The molecule has 0 unspecified atom stereocenters. The topological polar surface area (TPSA) is 90.8 Å². The molecule has 0 spiro atoms. The highest BCUT2D eigenvalue weighted by Gasteiger charge is 2.11. The van der Waals surface area contributed by atoms with Gasteiger partial charge in [-0.15, -0.1) is 0 Å². The number of carbonyl (C=O) groups excluding carboxylic acids is 2. The van der Waals surface area contributed by atoms with Crippen LogP contribution in [0.25, 0.3) is 0 Å². The molecule has 1 aromatic rings. The van der Waals surface area contributed by atoms with E-state index in [1.807, 2.05) is 0 Å². The van der Waals surface area contributed by atoms with Crippen LogP contribution in [0.1, 0.15) is 10.4 Å². The van der Waals surface area contributed by atoms with Crippen molar-refractivity contribution in [3.63, 3.8) is 0 Å². The minimum absolute atomic E-state index is 0.0228. The SMILES string of the molecule is [NH]C(=O)C(=O)c1ccc(=O)[nH]c1. The summed E-state index contributed by atoms with van der Waals surface area (Å²) in [6.45, 7) is 0. The standard InChI is InChI=1S/C7H5N2O3/c8-7(12)6(11)4-1-2-5(10)9-3-4/h1-3,8H,(H,9,10). The summed E-state index contributed by atoms with van der Waals surface area (Å²) in [5.74, 6) is -2.21. The van der Waals surface area contributed by atoms with Gasteiger partial charge in [-0.05, 0) is 6.07 Å². The predicted octanol–water partition coefficient (Wildman–Crippen LogP) is -0.633. The van der Waals surface area contributed by atoms with Crippen LogP contribution in [0.3, 0.4) is 0 Å². The Labute approximate surface area is 67.2 Å². The van der Waals surface area contributed by atoms with Gasteiger partial charge in [0, 0.05) is 17.8 Å². The second-order valence-corrected chi connectivity index (χ2v) is 2.10. The van der Waals surface area contributed by atoms with Gasteiger partial charge in [0.15, 0.2) is 0 Å². The van der Waals surface area contributed by atoms with Crippen LogP contribution in [-0.4, -0.2) is 16.7 Å². The number of hydrogen-bond donors (Lipinski definition) is 1. The summed E-state index contributed by atoms with van der Waals surface area (Å²) in [7, 11) is 0. The molecule has 5 nitrogen and oxygen atoms in total. The minimum atomic E-state index is -1.29. The highest BCUT2D eigenvalue weighted by molar-refractivity contribution is 6.41. The largest absolute Gasteiger partial charge is 0.328 e. The Morgan fingerprint density at radius 3 is 2.42 bits per heavy atom. The quantitative estimate of drug-likeness (QED) is 0.467. The van der Waals surface area contributed by atoms with Crippen molar-refractivity contribution in [2.75, 3.05) is 0 Å². The monoisotopic (exact) mass is 165 g/mol. The lowest BCUT2D eigenvalue weighted by molar-refractivity contribution is -0.114. The second kappa shape index (κ2) is 3.00. The summed E-state index contributed by atoms with van der Waals surface area (Å²) in [5, 5.41) is 0. The molecule has 0 bridgehead atoms. The van der Waals surface area contributed by atoms with Gasteiger partial charge in [0.2, 0.25) is 5.56 Å². The molecule has 0 saturated heterocycles.